The lowest BCUT2D eigenvalue weighted by atomic mass is 9.73. The lowest BCUT2D eigenvalue weighted by molar-refractivity contribution is -0.136. The Morgan fingerprint density at radius 2 is 1.93 bits per heavy atom. The molecule has 144 valence electrons. The summed E-state index contributed by atoms with van der Waals surface area (Å²) in [6.07, 6.45) is 3.40. The first kappa shape index (κ1) is 18.9. The Morgan fingerprint density at radius 1 is 1.26 bits per heavy atom. The summed E-state index contributed by atoms with van der Waals surface area (Å²) in [5, 5.41) is 2.84. The normalized spacial score (nSPS) is 24.8. The van der Waals surface area contributed by atoms with Crippen molar-refractivity contribution < 1.29 is 19.2 Å². The number of imide groups is 1. The Hall–Kier alpha value is -2.90. The van der Waals surface area contributed by atoms with Crippen LogP contribution in [0.3, 0.4) is 0 Å². The van der Waals surface area contributed by atoms with Gasteiger partial charge in [0, 0.05) is 18.3 Å². The molecule has 1 saturated carbocycles. The van der Waals surface area contributed by atoms with E-state index in [2.05, 4.69) is 5.32 Å². The molecular weight excluding hydrogens is 348 g/mol. The van der Waals surface area contributed by atoms with Crippen molar-refractivity contribution in [1.29, 1.82) is 0 Å². The van der Waals surface area contributed by atoms with E-state index in [0.717, 1.165) is 24.2 Å². The van der Waals surface area contributed by atoms with Gasteiger partial charge in [-0.25, -0.2) is 4.79 Å². The van der Waals surface area contributed by atoms with Gasteiger partial charge in [0.2, 0.25) is 11.8 Å². The lowest BCUT2D eigenvalue weighted by Crippen LogP contribution is -2.54. The lowest BCUT2D eigenvalue weighted by Gasteiger charge is -2.36. The first-order valence-corrected chi connectivity index (χ1v) is 9.07. The Labute approximate surface area is 157 Å². The van der Waals surface area contributed by atoms with Crippen LogP contribution in [0.1, 0.15) is 43.0 Å². The largest absolute Gasteiger partial charge is 0.366 e. The average Bonchev–Trinajstić information content (AvgIpc) is 2.88. The topological polar surface area (TPSA) is 113 Å². The van der Waals surface area contributed by atoms with Gasteiger partial charge in [-0.3, -0.25) is 19.3 Å². The number of carbonyl (C=O) groups is 4. The molecule has 27 heavy (non-hydrogen) atoms. The average molecular weight is 372 g/mol. The number of anilines is 1. The number of urea groups is 1. The van der Waals surface area contributed by atoms with E-state index in [1.807, 2.05) is 6.92 Å². The number of primary amides is 1. The number of hydrogen-bond acceptors (Lipinski definition) is 4. The van der Waals surface area contributed by atoms with Gasteiger partial charge < -0.3 is 16.0 Å². The molecule has 1 spiro atoms. The zero-order valence-electron chi connectivity index (χ0n) is 15.5. The van der Waals surface area contributed by atoms with E-state index in [9.17, 15) is 19.2 Å². The van der Waals surface area contributed by atoms with Gasteiger partial charge in [-0.05, 0) is 43.0 Å². The third-order valence-electron chi connectivity index (χ3n) is 5.71. The molecule has 2 unspecified atom stereocenters. The van der Waals surface area contributed by atoms with Crippen LogP contribution in [0.5, 0.6) is 0 Å². The molecular formula is C19H24N4O4. The molecule has 1 aromatic carbocycles. The molecule has 1 saturated heterocycles. The van der Waals surface area contributed by atoms with Crippen LogP contribution in [0, 0.1) is 5.92 Å². The van der Waals surface area contributed by atoms with Crippen LogP contribution in [-0.4, -0.2) is 47.8 Å². The zero-order chi connectivity index (χ0) is 19.8. The summed E-state index contributed by atoms with van der Waals surface area (Å²) in [5.41, 5.74) is 5.21. The Bertz CT molecular complexity index is 791. The van der Waals surface area contributed by atoms with E-state index in [1.165, 1.54) is 17.0 Å². The molecule has 2 aliphatic rings. The number of benzene rings is 1. The van der Waals surface area contributed by atoms with Crippen LogP contribution in [0.4, 0.5) is 10.5 Å². The number of likely N-dealkylation sites (N-methyl/N-ethyl adjacent to an activating group) is 1. The number of nitrogens with zero attached hydrogens (tertiary/aromatic N) is 2. The molecule has 1 heterocycles. The highest BCUT2D eigenvalue weighted by Crippen LogP contribution is 2.38. The predicted octanol–water partition coefficient (Wildman–Crippen LogP) is 1.25. The molecule has 3 rings (SSSR count). The van der Waals surface area contributed by atoms with Gasteiger partial charge in [0.15, 0.2) is 0 Å². The zero-order valence-corrected chi connectivity index (χ0v) is 15.5. The van der Waals surface area contributed by atoms with Crippen LogP contribution < -0.4 is 16.0 Å². The number of hydrogen-bond donors (Lipinski definition) is 2. The van der Waals surface area contributed by atoms with Gasteiger partial charge in [0.05, 0.1) is 0 Å². The monoisotopic (exact) mass is 372 g/mol. The number of amides is 5. The molecule has 8 heteroatoms. The first-order chi connectivity index (χ1) is 12.8. The van der Waals surface area contributed by atoms with Gasteiger partial charge in [-0.2, -0.15) is 0 Å². The second kappa shape index (κ2) is 7.02. The minimum absolute atomic E-state index is 0.0434. The number of carbonyl (C=O) groups excluding carboxylic acids is 4. The molecule has 8 nitrogen and oxygen atoms in total. The maximum atomic E-state index is 12.9. The van der Waals surface area contributed by atoms with Crippen LogP contribution in [0.25, 0.3) is 0 Å². The van der Waals surface area contributed by atoms with Gasteiger partial charge >= 0.3 is 6.03 Å². The molecule has 5 amide bonds. The highest BCUT2D eigenvalue weighted by Gasteiger charge is 2.55. The van der Waals surface area contributed by atoms with Gasteiger partial charge in [0.1, 0.15) is 12.1 Å². The van der Waals surface area contributed by atoms with Crippen LogP contribution in [0.15, 0.2) is 24.3 Å². The summed E-state index contributed by atoms with van der Waals surface area (Å²) >= 11 is 0. The van der Waals surface area contributed by atoms with E-state index in [-0.39, 0.29) is 18.4 Å². The SMILES string of the molecule is CC1CCCCC12NC(=O)N(CC(=O)N(C)c1ccc(C(N)=O)cc1)C2=O. The fraction of sp³-hybridized carbons (Fsp3) is 0.474. The van der Waals surface area contributed by atoms with Crippen LogP contribution in [-0.2, 0) is 9.59 Å². The number of rotatable bonds is 4. The maximum absolute atomic E-state index is 12.9. The molecule has 0 radical (unpaired) electrons. The second-order valence-electron chi connectivity index (χ2n) is 7.30. The predicted molar refractivity (Wildman–Crippen MR) is 99.0 cm³/mol. The Morgan fingerprint density at radius 3 is 2.52 bits per heavy atom. The van der Waals surface area contributed by atoms with Crippen LogP contribution in [0.2, 0.25) is 0 Å². The summed E-state index contributed by atoms with van der Waals surface area (Å²) in [6.45, 7) is 1.64. The number of nitrogens with two attached hydrogens (primary N) is 1. The highest BCUT2D eigenvalue weighted by molar-refractivity contribution is 6.10. The summed E-state index contributed by atoms with van der Waals surface area (Å²) in [6, 6.07) is 5.71. The molecule has 1 aliphatic carbocycles. The van der Waals surface area contributed by atoms with Crippen molar-refractivity contribution in [3.63, 3.8) is 0 Å². The Balaban J connectivity index is 1.72. The van der Waals surface area contributed by atoms with E-state index >= 15 is 0 Å². The smallest absolute Gasteiger partial charge is 0.325 e. The van der Waals surface area contributed by atoms with E-state index in [0.29, 0.717) is 17.7 Å². The molecule has 1 aromatic rings. The van der Waals surface area contributed by atoms with E-state index in [4.69, 9.17) is 5.73 Å². The molecule has 0 aromatic heterocycles. The van der Waals surface area contributed by atoms with E-state index in [1.54, 1.807) is 19.2 Å². The third kappa shape index (κ3) is 3.27. The van der Waals surface area contributed by atoms with Crippen molar-refractivity contribution in [2.45, 2.75) is 38.1 Å². The van der Waals surface area contributed by atoms with Crippen molar-refractivity contribution in [1.82, 2.24) is 10.2 Å². The molecule has 1 aliphatic heterocycles. The van der Waals surface area contributed by atoms with Crippen molar-refractivity contribution in [2.24, 2.45) is 11.7 Å². The minimum Gasteiger partial charge on any atom is -0.366 e. The van der Waals surface area contributed by atoms with Gasteiger partial charge in [-0.1, -0.05) is 19.8 Å². The van der Waals surface area contributed by atoms with Crippen molar-refractivity contribution >= 4 is 29.4 Å². The van der Waals surface area contributed by atoms with Crippen LogP contribution >= 0.6 is 0 Å². The second-order valence-corrected chi connectivity index (χ2v) is 7.30. The van der Waals surface area contributed by atoms with Crippen molar-refractivity contribution in [3.8, 4) is 0 Å². The van der Waals surface area contributed by atoms with Crippen molar-refractivity contribution in [3.05, 3.63) is 29.8 Å². The van der Waals surface area contributed by atoms with Gasteiger partial charge in [0.25, 0.3) is 5.91 Å². The summed E-state index contributed by atoms with van der Waals surface area (Å²) in [5.74, 6) is -1.22. The summed E-state index contributed by atoms with van der Waals surface area (Å²) in [7, 11) is 1.55. The maximum Gasteiger partial charge on any atom is 0.325 e. The standard InChI is InChI=1S/C19H24N4O4/c1-12-5-3-4-10-19(12)17(26)23(18(27)21-19)11-15(24)22(2)14-8-6-13(7-9-14)16(20)25/h6-9,12H,3-5,10-11H2,1-2H3,(H2,20,25)(H,21,27). The molecule has 3 N–H and O–H groups in total. The highest BCUT2D eigenvalue weighted by atomic mass is 16.2. The first-order valence-electron chi connectivity index (χ1n) is 9.07. The Kier molecular flexibility index (Phi) is 4.91. The molecule has 2 fully saturated rings. The fourth-order valence-corrected chi connectivity index (χ4v) is 3.87. The van der Waals surface area contributed by atoms with Crippen molar-refractivity contribution in [2.75, 3.05) is 18.5 Å². The van der Waals surface area contributed by atoms with E-state index < -0.39 is 23.4 Å². The summed E-state index contributed by atoms with van der Waals surface area (Å²) < 4.78 is 0. The quantitative estimate of drug-likeness (QED) is 0.774. The molecule has 0 bridgehead atoms. The summed E-state index contributed by atoms with van der Waals surface area (Å²) in [4.78, 5) is 51.5. The van der Waals surface area contributed by atoms with Gasteiger partial charge in [-0.15, -0.1) is 0 Å². The minimum atomic E-state index is -0.878. The number of nitrogens with one attached hydrogen (secondary N) is 1. The third-order valence-corrected chi connectivity index (χ3v) is 5.71. The molecule has 2 atom stereocenters. The fourth-order valence-electron chi connectivity index (χ4n) is 3.87.